The Morgan fingerprint density at radius 2 is 1.83 bits per heavy atom. The van der Waals surface area contributed by atoms with Crippen LogP contribution in [0.4, 0.5) is 11.4 Å². The van der Waals surface area contributed by atoms with Crippen molar-refractivity contribution in [3.05, 3.63) is 22.2 Å². The lowest BCUT2D eigenvalue weighted by Crippen LogP contribution is -2.37. The van der Waals surface area contributed by atoms with Gasteiger partial charge in [0.05, 0.1) is 21.8 Å². The van der Waals surface area contributed by atoms with Gasteiger partial charge in [0.25, 0.3) is 0 Å². The minimum absolute atomic E-state index is 0.359. The number of nitrogens with two attached hydrogens (primary N) is 1. The summed E-state index contributed by atoms with van der Waals surface area (Å²) in [4.78, 5) is 2.21. The first-order valence-corrected chi connectivity index (χ1v) is 6.98. The second-order valence-electron chi connectivity index (χ2n) is 4.47. The van der Waals surface area contributed by atoms with E-state index in [0.717, 1.165) is 38.2 Å². The lowest BCUT2D eigenvalue weighted by atomic mass is 10.1. The number of hydrogen-bond acceptors (Lipinski definition) is 3. The van der Waals surface area contributed by atoms with E-state index < -0.39 is 0 Å². The van der Waals surface area contributed by atoms with Gasteiger partial charge in [0, 0.05) is 25.4 Å². The highest BCUT2D eigenvalue weighted by Crippen LogP contribution is 2.37. The molecule has 2 N–H and O–H groups in total. The molecule has 0 atom stereocenters. The van der Waals surface area contributed by atoms with Gasteiger partial charge in [0.2, 0.25) is 0 Å². The van der Waals surface area contributed by atoms with Crippen LogP contribution in [0.3, 0.4) is 0 Å². The first-order chi connectivity index (χ1) is 8.61. The Kier molecular flexibility index (Phi) is 4.60. The van der Waals surface area contributed by atoms with Gasteiger partial charge in [-0.1, -0.05) is 23.2 Å². The van der Waals surface area contributed by atoms with Crippen LogP contribution in [0.15, 0.2) is 12.1 Å². The predicted molar refractivity (Wildman–Crippen MR) is 77.7 cm³/mol. The average molecular weight is 289 g/mol. The standard InChI is InChI=1S/C13H18Cl2N2O/c1-2-18-10-3-5-17(6-4-10)13-11(14)7-9(16)8-12(13)15/h7-8,10H,2-6,16H2,1H3. The van der Waals surface area contributed by atoms with Crippen molar-refractivity contribution < 1.29 is 4.74 Å². The molecule has 1 fully saturated rings. The summed E-state index contributed by atoms with van der Waals surface area (Å²) in [5.41, 5.74) is 7.20. The second kappa shape index (κ2) is 6.00. The quantitative estimate of drug-likeness (QED) is 0.864. The van der Waals surface area contributed by atoms with E-state index in [2.05, 4.69) is 4.90 Å². The van der Waals surface area contributed by atoms with Crippen LogP contribution < -0.4 is 10.6 Å². The number of hydrogen-bond donors (Lipinski definition) is 1. The van der Waals surface area contributed by atoms with Crippen molar-refractivity contribution >= 4 is 34.6 Å². The number of halogens is 2. The maximum atomic E-state index is 6.23. The summed E-state index contributed by atoms with van der Waals surface area (Å²) < 4.78 is 5.63. The fourth-order valence-corrected chi connectivity index (χ4v) is 3.11. The summed E-state index contributed by atoms with van der Waals surface area (Å²) in [5, 5.41) is 1.24. The molecule has 1 aliphatic rings. The van der Waals surface area contributed by atoms with Gasteiger partial charge >= 0.3 is 0 Å². The lowest BCUT2D eigenvalue weighted by Gasteiger charge is -2.34. The third-order valence-electron chi connectivity index (χ3n) is 3.20. The zero-order valence-corrected chi connectivity index (χ0v) is 12.0. The van der Waals surface area contributed by atoms with Crippen molar-refractivity contribution in [1.29, 1.82) is 0 Å². The number of piperidine rings is 1. The van der Waals surface area contributed by atoms with E-state index in [1.165, 1.54) is 0 Å². The van der Waals surface area contributed by atoms with Gasteiger partial charge in [0.15, 0.2) is 0 Å². The molecule has 5 heteroatoms. The van der Waals surface area contributed by atoms with Crippen molar-refractivity contribution in [2.45, 2.75) is 25.9 Å². The van der Waals surface area contributed by atoms with Crippen molar-refractivity contribution in [3.8, 4) is 0 Å². The molecule has 18 heavy (non-hydrogen) atoms. The monoisotopic (exact) mass is 288 g/mol. The van der Waals surface area contributed by atoms with E-state index in [1.807, 2.05) is 6.92 Å². The van der Waals surface area contributed by atoms with E-state index in [0.29, 0.717) is 21.8 Å². The van der Waals surface area contributed by atoms with Crippen LogP contribution in [-0.2, 0) is 4.74 Å². The van der Waals surface area contributed by atoms with Crippen LogP contribution in [0.1, 0.15) is 19.8 Å². The molecular formula is C13H18Cl2N2O. The second-order valence-corrected chi connectivity index (χ2v) is 5.29. The van der Waals surface area contributed by atoms with Crippen LogP contribution in [0.2, 0.25) is 10.0 Å². The Labute approximate surface area is 118 Å². The Balaban J connectivity index is 2.10. The van der Waals surface area contributed by atoms with Crippen LogP contribution in [0, 0.1) is 0 Å². The van der Waals surface area contributed by atoms with Crippen molar-refractivity contribution in [3.63, 3.8) is 0 Å². The van der Waals surface area contributed by atoms with Gasteiger partial charge < -0.3 is 15.4 Å². The first-order valence-electron chi connectivity index (χ1n) is 6.23. The summed E-state index contributed by atoms with van der Waals surface area (Å²) >= 11 is 12.5. The number of nitrogens with zero attached hydrogens (tertiary/aromatic N) is 1. The van der Waals surface area contributed by atoms with E-state index in [9.17, 15) is 0 Å². The summed E-state index contributed by atoms with van der Waals surface area (Å²) in [6.45, 7) is 4.62. The van der Waals surface area contributed by atoms with E-state index >= 15 is 0 Å². The highest BCUT2D eigenvalue weighted by molar-refractivity contribution is 6.39. The molecule has 100 valence electrons. The maximum absolute atomic E-state index is 6.23. The van der Waals surface area contributed by atoms with Crippen LogP contribution >= 0.6 is 23.2 Å². The van der Waals surface area contributed by atoms with E-state index in [-0.39, 0.29) is 0 Å². The Morgan fingerprint density at radius 1 is 1.28 bits per heavy atom. The van der Waals surface area contributed by atoms with Gasteiger partial charge in [-0.3, -0.25) is 0 Å². The summed E-state index contributed by atoms with van der Waals surface area (Å²) in [6.07, 6.45) is 2.37. The van der Waals surface area contributed by atoms with Gasteiger partial charge in [-0.05, 0) is 31.9 Å². The molecule has 0 aromatic heterocycles. The molecule has 0 amide bonds. The molecule has 0 spiro atoms. The Hall–Kier alpha value is -0.640. The number of rotatable bonds is 3. The third-order valence-corrected chi connectivity index (χ3v) is 3.78. The van der Waals surface area contributed by atoms with E-state index in [1.54, 1.807) is 12.1 Å². The average Bonchev–Trinajstić information content (AvgIpc) is 2.30. The number of ether oxygens (including phenoxy) is 1. The van der Waals surface area contributed by atoms with Gasteiger partial charge in [-0.2, -0.15) is 0 Å². The summed E-state index contributed by atoms with van der Waals surface area (Å²) in [6, 6.07) is 3.49. The summed E-state index contributed by atoms with van der Waals surface area (Å²) in [7, 11) is 0. The largest absolute Gasteiger partial charge is 0.399 e. The van der Waals surface area contributed by atoms with Crippen LogP contribution in [-0.4, -0.2) is 25.8 Å². The fourth-order valence-electron chi connectivity index (χ4n) is 2.37. The van der Waals surface area contributed by atoms with Crippen LogP contribution in [0.25, 0.3) is 0 Å². The maximum Gasteiger partial charge on any atom is 0.0746 e. The SMILES string of the molecule is CCOC1CCN(c2c(Cl)cc(N)cc2Cl)CC1. The van der Waals surface area contributed by atoms with Crippen molar-refractivity contribution in [1.82, 2.24) is 0 Å². The molecule has 1 aliphatic heterocycles. The van der Waals surface area contributed by atoms with Crippen molar-refractivity contribution in [2.24, 2.45) is 0 Å². The lowest BCUT2D eigenvalue weighted by molar-refractivity contribution is 0.0459. The molecule has 1 heterocycles. The molecule has 1 aromatic carbocycles. The highest BCUT2D eigenvalue weighted by Gasteiger charge is 2.22. The molecule has 0 saturated carbocycles. The topological polar surface area (TPSA) is 38.5 Å². The third kappa shape index (κ3) is 3.02. The van der Waals surface area contributed by atoms with Gasteiger partial charge in [-0.25, -0.2) is 0 Å². The minimum atomic E-state index is 0.359. The number of benzene rings is 1. The molecule has 1 aromatic rings. The molecule has 0 bridgehead atoms. The Bertz CT molecular complexity index is 394. The summed E-state index contributed by atoms with van der Waals surface area (Å²) in [5.74, 6) is 0. The predicted octanol–water partition coefficient (Wildman–Crippen LogP) is 3.58. The normalized spacial score (nSPS) is 17.2. The highest BCUT2D eigenvalue weighted by atomic mass is 35.5. The molecule has 0 radical (unpaired) electrons. The molecule has 1 saturated heterocycles. The van der Waals surface area contributed by atoms with Crippen molar-refractivity contribution in [2.75, 3.05) is 30.3 Å². The number of nitrogen functional groups attached to an aromatic ring is 1. The first kappa shape index (κ1) is 13.8. The van der Waals surface area contributed by atoms with E-state index in [4.69, 9.17) is 33.7 Å². The zero-order chi connectivity index (χ0) is 13.1. The Morgan fingerprint density at radius 3 is 2.33 bits per heavy atom. The molecule has 3 nitrogen and oxygen atoms in total. The van der Waals surface area contributed by atoms with Gasteiger partial charge in [-0.15, -0.1) is 0 Å². The fraction of sp³-hybridized carbons (Fsp3) is 0.538. The molecule has 0 unspecified atom stereocenters. The molecule has 0 aliphatic carbocycles. The zero-order valence-electron chi connectivity index (χ0n) is 10.5. The van der Waals surface area contributed by atoms with Gasteiger partial charge in [0.1, 0.15) is 0 Å². The van der Waals surface area contributed by atoms with Crippen LogP contribution in [0.5, 0.6) is 0 Å². The molecule has 2 rings (SSSR count). The smallest absolute Gasteiger partial charge is 0.0746 e. The minimum Gasteiger partial charge on any atom is -0.399 e. The number of anilines is 2. The molecular weight excluding hydrogens is 271 g/mol.